The smallest absolute Gasteiger partial charge is 0.248 e. The van der Waals surface area contributed by atoms with Gasteiger partial charge in [0, 0.05) is 19.3 Å². The van der Waals surface area contributed by atoms with Gasteiger partial charge in [-0.05, 0) is 24.8 Å². The van der Waals surface area contributed by atoms with E-state index in [1.807, 2.05) is 0 Å². The Kier molecular flexibility index (Phi) is 2.84. The summed E-state index contributed by atoms with van der Waals surface area (Å²) in [6, 6.07) is 0. The van der Waals surface area contributed by atoms with Gasteiger partial charge in [0.25, 0.3) is 0 Å². The third kappa shape index (κ3) is 2.90. The van der Waals surface area contributed by atoms with Crippen LogP contribution in [0.4, 0.5) is 8.78 Å². The Morgan fingerprint density at radius 2 is 2.23 bits per heavy atom. The van der Waals surface area contributed by atoms with Gasteiger partial charge in [-0.3, -0.25) is 4.79 Å². The van der Waals surface area contributed by atoms with Crippen LogP contribution in [0.3, 0.4) is 0 Å². The fourth-order valence-corrected chi connectivity index (χ4v) is 1.65. The summed E-state index contributed by atoms with van der Waals surface area (Å²) in [4.78, 5) is 11.2. The van der Waals surface area contributed by atoms with Crippen molar-refractivity contribution < 1.29 is 13.6 Å². The van der Waals surface area contributed by atoms with Crippen LogP contribution in [0.15, 0.2) is 12.2 Å². The SMILES string of the molecule is C=C(C)C(=O)CC1CCC(F)(F)C1. The highest BCUT2D eigenvalue weighted by molar-refractivity contribution is 5.94. The van der Waals surface area contributed by atoms with E-state index in [0.717, 1.165) is 0 Å². The van der Waals surface area contributed by atoms with Gasteiger partial charge in [0.15, 0.2) is 5.78 Å². The van der Waals surface area contributed by atoms with Gasteiger partial charge in [-0.2, -0.15) is 0 Å². The predicted molar refractivity (Wildman–Crippen MR) is 46.7 cm³/mol. The molecule has 3 heteroatoms. The van der Waals surface area contributed by atoms with E-state index < -0.39 is 5.92 Å². The van der Waals surface area contributed by atoms with Crippen molar-refractivity contribution in [2.75, 3.05) is 0 Å². The average molecular weight is 188 g/mol. The summed E-state index contributed by atoms with van der Waals surface area (Å²) in [6.45, 7) is 5.12. The summed E-state index contributed by atoms with van der Waals surface area (Å²) in [5.41, 5.74) is 0.468. The first kappa shape index (κ1) is 10.4. The minimum absolute atomic E-state index is 0.0683. The standard InChI is InChI=1S/C10H14F2O/c1-7(2)9(13)5-8-3-4-10(11,12)6-8/h8H,1,3-6H2,2H3. The lowest BCUT2D eigenvalue weighted by atomic mass is 9.98. The van der Waals surface area contributed by atoms with E-state index in [0.29, 0.717) is 12.0 Å². The number of rotatable bonds is 3. The molecule has 1 atom stereocenters. The molecule has 0 N–H and O–H groups in total. The lowest BCUT2D eigenvalue weighted by Gasteiger charge is -2.09. The van der Waals surface area contributed by atoms with Crippen LogP contribution in [0.5, 0.6) is 0 Å². The van der Waals surface area contributed by atoms with Crippen LogP contribution >= 0.6 is 0 Å². The van der Waals surface area contributed by atoms with Gasteiger partial charge in [0.2, 0.25) is 5.92 Å². The van der Waals surface area contributed by atoms with Crippen LogP contribution in [0.2, 0.25) is 0 Å². The van der Waals surface area contributed by atoms with Crippen LogP contribution in [-0.2, 0) is 4.79 Å². The molecule has 0 spiro atoms. The Bertz CT molecular complexity index is 233. The van der Waals surface area contributed by atoms with E-state index in [9.17, 15) is 13.6 Å². The molecular weight excluding hydrogens is 174 g/mol. The zero-order chi connectivity index (χ0) is 10.1. The highest BCUT2D eigenvalue weighted by atomic mass is 19.3. The summed E-state index contributed by atoms with van der Waals surface area (Å²) < 4.78 is 25.4. The average Bonchev–Trinajstić information content (AvgIpc) is 2.30. The van der Waals surface area contributed by atoms with E-state index in [1.54, 1.807) is 6.92 Å². The molecule has 1 aliphatic rings. The highest BCUT2D eigenvalue weighted by Gasteiger charge is 2.39. The zero-order valence-electron chi connectivity index (χ0n) is 7.78. The summed E-state index contributed by atoms with van der Waals surface area (Å²) in [7, 11) is 0. The van der Waals surface area contributed by atoms with E-state index in [1.165, 1.54) is 0 Å². The molecule has 0 saturated heterocycles. The molecule has 0 aliphatic heterocycles. The molecule has 1 saturated carbocycles. The largest absolute Gasteiger partial charge is 0.295 e. The number of hydrogen-bond donors (Lipinski definition) is 0. The van der Waals surface area contributed by atoms with Crippen molar-refractivity contribution >= 4 is 5.78 Å². The fraction of sp³-hybridized carbons (Fsp3) is 0.700. The van der Waals surface area contributed by atoms with Crippen molar-refractivity contribution in [1.82, 2.24) is 0 Å². The summed E-state index contributed by atoms with van der Waals surface area (Å²) in [5, 5.41) is 0. The molecule has 1 unspecified atom stereocenters. The predicted octanol–water partition coefficient (Wildman–Crippen LogP) is 2.96. The Labute approximate surface area is 76.8 Å². The maximum atomic E-state index is 12.7. The molecule has 0 heterocycles. The van der Waals surface area contributed by atoms with Crippen LogP contribution in [-0.4, -0.2) is 11.7 Å². The zero-order valence-corrected chi connectivity index (χ0v) is 7.78. The number of carbonyl (C=O) groups is 1. The van der Waals surface area contributed by atoms with Crippen molar-refractivity contribution in [3.8, 4) is 0 Å². The summed E-state index contributed by atoms with van der Waals surface area (Å²) in [6.07, 6.45) is 0.504. The van der Waals surface area contributed by atoms with Crippen LogP contribution < -0.4 is 0 Å². The molecular formula is C10H14F2O. The Morgan fingerprint density at radius 1 is 1.62 bits per heavy atom. The van der Waals surface area contributed by atoms with E-state index >= 15 is 0 Å². The molecule has 13 heavy (non-hydrogen) atoms. The highest BCUT2D eigenvalue weighted by Crippen LogP contribution is 2.40. The van der Waals surface area contributed by atoms with Crippen molar-refractivity contribution in [1.29, 1.82) is 0 Å². The minimum atomic E-state index is -2.54. The topological polar surface area (TPSA) is 17.1 Å². The number of allylic oxidation sites excluding steroid dienone is 1. The monoisotopic (exact) mass is 188 g/mol. The Morgan fingerprint density at radius 3 is 2.62 bits per heavy atom. The Hall–Kier alpha value is -0.730. The van der Waals surface area contributed by atoms with Gasteiger partial charge in [0.05, 0.1) is 0 Å². The van der Waals surface area contributed by atoms with Gasteiger partial charge in [-0.1, -0.05) is 6.58 Å². The molecule has 1 nitrogen and oxygen atoms in total. The fourth-order valence-electron chi connectivity index (χ4n) is 1.65. The first-order chi connectivity index (χ1) is 5.91. The number of alkyl halides is 2. The number of halogens is 2. The summed E-state index contributed by atoms with van der Waals surface area (Å²) in [5.74, 6) is -2.76. The number of carbonyl (C=O) groups excluding carboxylic acids is 1. The lowest BCUT2D eigenvalue weighted by Crippen LogP contribution is -2.11. The minimum Gasteiger partial charge on any atom is -0.295 e. The van der Waals surface area contributed by atoms with Gasteiger partial charge in [-0.25, -0.2) is 8.78 Å². The second kappa shape index (κ2) is 3.56. The van der Waals surface area contributed by atoms with Gasteiger partial charge in [0.1, 0.15) is 0 Å². The first-order valence-corrected chi connectivity index (χ1v) is 4.47. The Balaban J connectivity index is 2.41. The molecule has 1 rings (SSSR count). The third-order valence-corrected chi connectivity index (χ3v) is 2.46. The van der Waals surface area contributed by atoms with Crippen LogP contribution in [0, 0.1) is 5.92 Å². The molecule has 0 aromatic rings. The quantitative estimate of drug-likeness (QED) is 0.622. The molecule has 0 aromatic heterocycles. The van der Waals surface area contributed by atoms with Gasteiger partial charge in [-0.15, -0.1) is 0 Å². The summed E-state index contributed by atoms with van der Waals surface area (Å²) >= 11 is 0. The second-order valence-electron chi connectivity index (χ2n) is 3.87. The number of Topliss-reactive ketones (excluding diaryl/α,β-unsaturated/α-hetero) is 1. The maximum absolute atomic E-state index is 12.7. The third-order valence-electron chi connectivity index (χ3n) is 2.46. The first-order valence-electron chi connectivity index (χ1n) is 4.47. The molecule has 0 aromatic carbocycles. The molecule has 0 bridgehead atoms. The lowest BCUT2D eigenvalue weighted by molar-refractivity contribution is -0.116. The normalized spacial score (nSPS) is 25.9. The van der Waals surface area contributed by atoms with Crippen molar-refractivity contribution in [3.05, 3.63) is 12.2 Å². The number of hydrogen-bond acceptors (Lipinski definition) is 1. The van der Waals surface area contributed by atoms with Gasteiger partial charge < -0.3 is 0 Å². The van der Waals surface area contributed by atoms with Crippen molar-refractivity contribution in [3.63, 3.8) is 0 Å². The number of ketones is 1. The molecule has 1 aliphatic carbocycles. The molecule has 1 fully saturated rings. The van der Waals surface area contributed by atoms with E-state index in [-0.39, 0.29) is 31.0 Å². The van der Waals surface area contributed by atoms with E-state index in [2.05, 4.69) is 6.58 Å². The molecule has 0 amide bonds. The van der Waals surface area contributed by atoms with Crippen molar-refractivity contribution in [2.45, 2.75) is 38.5 Å². The van der Waals surface area contributed by atoms with Crippen molar-refractivity contribution in [2.24, 2.45) is 5.92 Å². The van der Waals surface area contributed by atoms with Crippen LogP contribution in [0.1, 0.15) is 32.6 Å². The van der Waals surface area contributed by atoms with Gasteiger partial charge >= 0.3 is 0 Å². The maximum Gasteiger partial charge on any atom is 0.248 e. The van der Waals surface area contributed by atoms with E-state index in [4.69, 9.17) is 0 Å². The molecule has 74 valence electrons. The van der Waals surface area contributed by atoms with Crippen LogP contribution in [0.25, 0.3) is 0 Å². The molecule has 0 radical (unpaired) electrons. The second-order valence-corrected chi connectivity index (χ2v) is 3.87.